The van der Waals surface area contributed by atoms with Gasteiger partial charge < -0.3 is 5.32 Å². The van der Waals surface area contributed by atoms with Gasteiger partial charge in [-0.15, -0.1) is 24.0 Å². The first-order valence-electron chi connectivity index (χ1n) is 6.26. The van der Waals surface area contributed by atoms with Gasteiger partial charge in [0.25, 0.3) is 0 Å². The van der Waals surface area contributed by atoms with Crippen molar-refractivity contribution in [1.29, 1.82) is 0 Å². The summed E-state index contributed by atoms with van der Waals surface area (Å²) in [4.78, 5) is 12.9. The fraction of sp³-hybridized carbons (Fsp3) is 0.0625. The molecule has 0 aliphatic heterocycles. The van der Waals surface area contributed by atoms with Crippen molar-refractivity contribution < 1.29 is 4.79 Å². The highest BCUT2D eigenvalue weighted by molar-refractivity contribution is 7.80. The van der Waals surface area contributed by atoms with Crippen LogP contribution in [-0.2, 0) is 11.2 Å². The van der Waals surface area contributed by atoms with Crippen molar-refractivity contribution in [3.05, 3.63) is 59.5 Å². The molecule has 0 radical (unpaired) electrons. The van der Waals surface area contributed by atoms with Crippen LogP contribution in [0.1, 0.15) is 5.56 Å². The Morgan fingerprint density at radius 3 is 2.70 bits per heavy atom. The maximum atomic E-state index is 12.0. The minimum atomic E-state index is -0.00788. The van der Waals surface area contributed by atoms with Crippen LogP contribution in [0.5, 0.6) is 0 Å². The number of rotatable bonds is 3. The lowest BCUT2D eigenvalue weighted by Crippen LogP contribution is -2.14. The molecular weight excluding hydrogens is 286 g/mol. The van der Waals surface area contributed by atoms with E-state index in [0.717, 1.165) is 21.5 Å². The van der Waals surface area contributed by atoms with E-state index in [2.05, 4.69) is 29.4 Å². The third-order valence-corrected chi connectivity index (χ3v) is 4.23. The summed E-state index contributed by atoms with van der Waals surface area (Å²) in [5.74, 6) is -0.00788. The van der Waals surface area contributed by atoms with Gasteiger partial charge in [0.1, 0.15) is 0 Å². The Balaban J connectivity index is 1.70. The molecule has 1 heterocycles. The highest BCUT2D eigenvalue weighted by Crippen LogP contribution is 2.24. The molecule has 2 nitrogen and oxygen atoms in total. The predicted molar refractivity (Wildman–Crippen MR) is 87.9 cm³/mol. The Bertz CT molecular complexity index is 747. The first-order chi connectivity index (χ1) is 9.70. The number of carbonyl (C=O) groups is 1. The number of anilines is 1. The molecule has 0 aliphatic rings. The van der Waals surface area contributed by atoms with Gasteiger partial charge in [-0.05, 0) is 52.7 Å². The molecule has 1 aromatic heterocycles. The lowest BCUT2D eigenvalue weighted by molar-refractivity contribution is -0.115. The normalized spacial score (nSPS) is 10.7. The molecule has 0 aliphatic carbocycles. The standard InChI is InChI=1S/C16H13NOS2/c18-16(9-11-1-4-14(19)5-2-11)17-13-3-6-15-12(10-13)7-8-20-15/h1-8,10,19H,9H2,(H,17,18). The van der Waals surface area contributed by atoms with Gasteiger partial charge in [0, 0.05) is 15.3 Å². The van der Waals surface area contributed by atoms with Crippen molar-refractivity contribution in [1.82, 2.24) is 0 Å². The van der Waals surface area contributed by atoms with Crippen LogP contribution >= 0.6 is 24.0 Å². The maximum absolute atomic E-state index is 12.0. The zero-order chi connectivity index (χ0) is 13.9. The molecule has 100 valence electrons. The van der Waals surface area contributed by atoms with Gasteiger partial charge in [0.15, 0.2) is 0 Å². The summed E-state index contributed by atoms with van der Waals surface area (Å²) in [7, 11) is 0. The molecule has 0 fully saturated rings. The van der Waals surface area contributed by atoms with Crippen LogP contribution in [-0.4, -0.2) is 5.91 Å². The van der Waals surface area contributed by atoms with E-state index in [4.69, 9.17) is 0 Å². The second-order valence-corrected chi connectivity index (χ2v) is 6.03. The largest absolute Gasteiger partial charge is 0.326 e. The van der Waals surface area contributed by atoms with E-state index in [1.165, 1.54) is 4.70 Å². The summed E-state index contributed by atoms with van der Waals surface area (Å²) >= 11 is 5.93. The van der Waals surface area contributed by atoms with E-state index in [1.54, 1.807) is 11.3 Å². The number of fused-ring (bicyclic) bond motifs is 1. The lowest BCUT2D eigenvalue weighted by atomic mass is 10.1. The molecule has 2 aromatic carbocycles. The highest BCUT2D eigenvalue weighted by Gasteiger charge is 2.05. The molecular formula is C16H13NOS2. The number of amides is 1. The number of hydrogen-bond donors (Lipinski definition) is 2. The van der Waals surface area contributed by atoms with Gasteiger partial charge >= 0.3 is 0 Å². The first kappa shape index (κ1) is 13.2. The Hall–Kier alpha value is -1.78. The molecule has 4 heteroatoms. The van der Waals surface area contributed by atoms with Crippen molar-refractivity contribution >= 4 is 45.6 Å². The minimum Gasteiger partial charge on any atom is -0.326 e. The van der Waals surface area contributed by atoms with Crippen LogP contribution in [0.4, 0.5) is 5.69 Å². The Kier molecular flexibility index (Phi) is 3.76. The smallest absolute Gasteiger partial charge is 0.228 e. The number of carbonyl (C=O) groups excluding carboxylic acids is 1. The average Bonchev–Trinajstić information content (AvgIpc) is 2.89. The van der Waals surface area contributed by atoms with Gasteiger partial charge in [-0.25, -0.2) is 0 Å². The van der Waals surface area contributed by atoms with E-state index < -0.39 is 0 Å². The third kappa shape index (κ3) is 3.03. The molecule has 0 saturated carbocycles. The van der Waals surface area contributed by atoms with Gasteiger partial charge in [-0.3, -0.25) is 4.79 Å². The van der Waals surface area contributed by atoms with Crippen molar-refractivity contribution in [2.24, 2.45) is 0 Å². The summed E-state index contributed by atoms with van der Waals surface area (Å²) in [6.07, 6.45) is 0.371. The van der Waals surface area contributed by atoms with E-state index in [0.29, 0.717) is 6.42 Å². The average molecular weight is 299 g/mol. The summed E-state index contributed by atoms with van der Waals surface area (Å²) < 4.78 is 1.23. The van der Waals surface area contributed by atoms with Crippen LogP contribution in [0.15, 0.2) is 58.8 Å². The third-order valence-electron chi connectivity index (χ3n) is 3.04. The number of hydrogen-bond acceptors (Lipinski definition) is 3. The molecule has 20 heavy (non-hydrogen) atoms. The highest BCUT2D eigenvalue weighted by atomic mass is 32.1. The minimum absolute atomic E-state index is 0.00788. The topological polar surface area (TPSA) is 29.1 Å². The molecule has 0 unspecified atom stereocenters. The Labute approximate surface area is 126 Å². The fourth-order valence-electron chi connectivity index (χ4n) is 2.05. The van der Waals surface area contributed by atoms with Crippen LogP contribution < -0.4 is 5.32 Å². The van der Waals surface area contributed by atoms with Crippen molar-refractivity contribution in [3.8, 4) is 0 Å². The van der Waals surface area contributed by atoms with E-state index >= 15 is 0 Å². The second kappa shape index (κ2) is 5.69. The SMILES string of the molecule is O=C(Cc1ccc(S)cc1)Nc1ccc2sccc2c1. The summed E-state index contributed by atoms with van der Waals surface area (Å²) in [5, 5.41) is 6.14. The molecule has 1 amide bonds. The van der Waals surface area contributed by atoms with Gasteiger partial charge in [-0.2, -0.15) is 0 Å². The van der Waals surface area contributed by atoms with Crippen LogP contribution in [0.25, 0.3) is 10.1 Å². The number of nitrogens with one attached hydrogen (secondary N) is 1. The van der Waals surface area contributed by atoms with Crippen molar-refractivity contribution in [2.45, 2.75) is 11.3 Å². The Morgan fingerprint density at radius 1 is 1.10 bits per heavy atom. The Morgan fingerprint density at radius 2 is 1.90 bits per heavy atom. The molecule has 0 saturated heterocycles. The number of thiol groups is 1. The van der Waals surface area contributed by atoms with E-state index in [-0.39, 0.29) is 5.91 Å². The van der Waals surface area contributed by atoms with E-state index in [9.17, 15) is 4.79 Å². The monoisotopic (exact) mass is 299 g/mol. The predicted octanol–water partition coefficient (Wildman–Crippen LogP) is 4.37. The maximum Gasteiger partial charge on any atom is 0.228 e. The lowest BCUT2D eigenvalue weighted by Gasteiger charge is -2.06. The summed E-state index contributed by atoms with van der Waals surface area (Å²) in [6.45, 7) is 0. The quantitative estimate of drug-likeness (QED) is 0.691. The molecule has 3 aromatic rings. The van der Waals surface area contributed by atoms with Gasteiger partial charge in [-0.1, -0.05) is 12.1 Å². The van der Waals surface area contributed by atoms with Crippen LogP contribution in [0.3, 0.4) is 0 Å². The van der Waals surface area contributed by atoms with Gasteiger partial charge in [0.05, 0.1) is 6.42 Å². The zero-order valence-corrected chi connectivity index (χ0v) is 12.4. The van der Waals surface area contributed by atoms with Gasteiger partial charge in [0.2, 0.25) is 5.91 Å². The molecule has 0 spiro atoms. The van der Waals surface area contributed by atoms with Crippen LogP contribution in [0, 0.1) is 0 Å². The molecule has 3 rings (SSSR count). The van der Waals surface area contributed by atoms with Crippen LogP contribution in [0.2, 0.25) is 0 Å². The second-order valence-electron chi connectivity index (χ2n) is 4.56. The zero-order valence-electron chi connectivity index (χ0n) is 10.7. The summed E-state index contributed by atoms with van der Waals surface area (Å²) in [6, 6.07) is 15.7. The first-order valence-corrected chi connectivity index (χ1v) is 7.58. The number of benzene rings is 2. The summed E-state index contributed by atoms with van der Waals surface area (Å²) in [5.41, 5.74) is 1.82. The number of thiophene rings is 1. The fourth-order valence-corrected chi connectivity index (χ4v) is 2.97. The van der Waals surface area contributed by atoms with Crippen molar-refractivity contribution in [2.75, 3.05) is 5.32 Å². The molecule has 0 bridgehead atoms. The van der Waals surface area contributed by atoms with E-state index in [1.807, 2.05) is 42.5 Å². The molecule has 1 N–H and O–H groups in total. The molecule has 0 atom stereocenters. The van der Waals surface area contributed by atoms with Crippen molar-refractivity contribution in [3.63, 3.8) is 0 Å².